The summed E-state index contributed by atoms with van der Waals surface area (Å²) in [7, 11) is -1.06. The summed E-state index contributed by atoms with van der Waals surface area (Å²) in [6.07, 6.45) is 4.99. The number of nitrogens with two attached hydrogens (primary N) is 1. The van der Waals surface area contributed by atoms with Crippen LogP contribution in [0, 0.1) is 0 Å². The van der Waals surface area contributed by atoms with E-state index in [1.165, 1.54) is 6.26 Å². The van der Waals surface area contributed by atoms with Crippen molar-refractivity contribution in [2.45, 2.75) is 19.5 Å². The molecule has 1 aromatic heterocycles. The van der Waals surface area contributed by atoms with Gasteiger partial charge in [-0.05, 0) is 14.0 Å². The summed E-state index contributed by atoms with van der Waals surface area (Å²) in [5.74, 6) is 0.141. The third-order valence-electron chi connectivity index (χ3n) is 2.93. The van der Waals surface area contributed by atoms with Crippen LogP contribution in [0.15, 0.2) is 12.4 Å². The first kappa shape index (κ1) is 15.1. The topological polar surface area (TPSA) is 81.2 Å². The van der Waals surface area contributed by atoms with E-state index in [-0.39, 0.29) is 11.8 Å². The van der Waals surface area contributed by atoms with E-state index in [0.717, 1.165) is 12.1 Å². The number of aryl methyl sites for hydroxylation is 1. The Hall–Kier alpha value is -0.920. The first-order chi connectivity index (χ1) is 8.37. The molecule has 6 nitrogen and oxygen atoms in total. The van der Waals surface area contributed by atoms with Crippen LogP contribution in [-0.2, 0) is 16.4 Å². The molecule has 2 N–H and O–H groups in total. The molecule has 0 aliphatic rings. The highest BCUT2D eigenvalue weighted by Crippen LogP contribution is 2.17. The van der Waals surface area contributed by atoms with Gasteiger partial charge in [0.05, 0.1) is 11.9 Å². The SMILES string of the molecule is CCn1cc(C(CN)N(C)CCS(C)(=O)=O)cn1. The fourth-order valence-electron chi connectivity index (χ4n) is 1.76. The Morgan fingerprint density at radius 2 is 2.22 bits per heavy atom. The number of sulfone groups is 1. The first-order valence-corrected chi connectivity index (χ1v) is 8.03. The Bertz CT molecular complexity index is 469. The minimum atomic E-state index is -2.95. The lowest BCUT2D eigenvalue weighted by molar-refractivity contribution is 0.264. The van der Waals surface area contributed by atoms with Gasteiger partial charge in [-0.3, -0.25) is 9.58 Å². The van der Waals surface area contributed by atoms with Crippen LogP contribution in [0.4, 0.5) is 0 Å². The van der Waals surface area contributed by atoms with Crippen molar-refractivity contribution in [3.63, 3.8) is 0 Å². The van der Waals surface area contributed by atoms with Crippen molar-refractivity contribution in [1.29, 1.82) is 0 Å². The number of aromatic nitrogens is 2. The normalized spacial score (nSPS) is 14.1. The minimum Gasteiger partial charge on any atom is -0.329 e. The van der Waals surface area contributed by atoms with Gasteiger partial charge in [0.25, 0.3) is 0 Å². The lowest BCUT2D eigenvalue weighted by Crippen LogP contribution is -2.33. The lowest BCUT2D eigenvalue weighted by Gasteiger charge is -2.25. The predicted octanol–water partition coefficient (Wildman–Crippen LogP) is -0.121. The molecule has 1 unspecified atom stereocenters. The molecule has 1 rings (SSSR count). The zero-order valence-corrected chi connectivity index (χ0v) is 12.0. The Morgan fingerprint density at radius 3 is 2.67 bits per heavy atom. The molecule has 0 aliphatic carbocycles. The molecular weight excluding hydrogens is 252 g/mol. The molecule has 7 heteroatoms. The molecular formula is C11H22N4O2S. The molecule has 0 amide bonds. The van der Waals surface area contributed by atoms with E-state index in [1.54, 1.807) is 6.20 Å². The van der Waals surface area contributed by atoms with Gasteiger partial charge in [-0.2, -0.15) is 5.10 Å². The summed E-state index contributed by atoms with van der Waals surface area (Å²) in [6.45, 7) is 3.74. The maximum absolute atomic E-state index is 11.2. The largest absolute Gasteiger partial charge is 0.329 e. The number of likely N-dealkylation sites (N-methyl/N-ethyl adjacent to an activating group) is 1. The highest BCUT2D eigenvalue weighted by Gasteiger charge is 2.18. The van der Waals surface area contributed by atoms with Gasteiger partial charge in [0.15, 0.2) is 0 Å². The zero-order chi connectivity index (χ0) is 13.8. The van der Waals surface area contributed by atoms with Gasteiger partial charge >= 0.3 is 0 Å². The molecule has 0 bridgehead atoms. The fraction of sp³-hybridized carbons (Fsp3) is 0.727. The van der Waals surface area contributed by atoms with Gasteiger partial charge in [0.1, 0.15) is 9.84 Å². The second-order valence-corrected chi connectivity index (χ2v) is 6.75. The van der Waals surface area contributed by atoms with E-state index in [4.69, 9.17) is 5.73 Å². The molecule has 0 fully saturated rings. The summed E-state index contributed by atoms with van der Waals surface area (Å²) in [5, 5.41) is 4.21. The van der Waals surface area contributed by atoms with E-state index in [0.29, 0.717) is 13.1 Å². The zero-order valence-electron chi connectivity index (χ0n) is 11.2. The van der Waals surface area contributed by atoms with Crippen molar-refractivity contribution in [2.75, 3.05) is 32.1 Å². The molecule has 0 radical (unpaired) electrons. The monoisotopic (exact) mass is 274 g/mol. The van der Waals surface area contributed by atoms with Crippen LogP contribution < -0.4 is 5.73 Å². The van der Waals surface area contributed by atoms with Crippen molar-refractivity contribution >= 4 is 9.84 Å². The number of hydrogen-bond donors (Lipinski definition) is 1. The molecule has 0 spiro atoms. The maximum atomic E-state index is 11.2. The molecule has 0 saturated heterocycles. The Kier molecular flexibility index (Phi) is 5.30. The van der Waals surface area contributed by atoms with E-state index in [2.05, 4.69) is 5.10 Å². The minimum absolute atomic E-state index is 0.00653. The summed E-state index contributed by atoms with van der Waals surface area (Å²) in [6, 6.07) is 0.00653. The fourth-order valence-corrected chi connectivity index (χ4v) is 2.38. The van der Waals surface area contributed by atoms with E-state index < -0.39 is 9.84 Å². The van der Waals surface area contributed by atoms with Gasteiger partial charge < -0.3 is 5.73 Å². The van der Waals surface area contributed by atoms with Gasteiger partial charge in [-0.1, -0.05) is 0 Å². The van der Waals surface area contributed by atoms with Crippen LogP contribution in [0.2, 0.25) is 0 Å². The van der Waals surface area contributed by atoms with Gasteiger partial charge in [-0.15, -0.1) is 0 Å². The summed E-state index contributed by atoms with van der Waals surface area (Å²) >= 11 is 0. The third kappa shape index (κ3) is 4.40. The smallest absolute Gasteiger partial charge is 0.148 e. The Labute approximate surface area is 109 Å². The Balaban J connectivity index is 2.70. The van der Waals surface area contributed by atoms with Crippen molar-refractivity contribution in [3.8, 4) is 0 Å². The van der Waals surface area contributed by atoms with E-state index in [1.807, 2.05) is 29.7 Å². The molecule has 1 aromatic rings. The molecule has 18 heavy (non-hydrogen) atoms. The molecule has 1 atom stereocenters. The van der Waals surface area contributed by atoms with Gasteiger partial charge in [0.2, 0.25) is 0 Å². The van der Waals surface area contributed by atoms with Gasteiger partial charge in [-0.25, -0.2) is 8.42 Å². The molecule has 104 valence electrons. The standard InChI is InChI=1S/C11H22N4O2S/c1-4-15-9-10(8-13-15)11(7-12)14(2)5-6-18(3,16)17/h8-9,11H,4-7,12H2,1-3H3. The molecule has 0 saturated carbocycles. The van der Waals surface area contributed by atoms with Gasteiger partial charge in [0, 0.05) is 43.7 Å². The maximum Gasteiger partial charge on any atom is 0.148 e. The van der Waals surface area contributed by atoms with Crippen molar-refractivity contribution < 1.29 is 8.42 Å². The average Bonchev–Trinajstić information content (AvgIpc) is 2.75. The van der Waals surface area contributed by atoms with Crippen molar-refractivity contribution in [3.05, 3.63) is 18.0 Å². The average molecular weight is 274 g/mol. The van der Waals surface area contributed by atoms with Crippen LogP contribution in [0.25, 0.3) is 0 Å². The van der Waals surface area contributed by atoms with Crippen molar-refractivity contribution in [1.82, 2.24) is 14.7 Å². The first-order valence-electron chi connectivity index (χ1n) is 5.97. The Morgan fingerprint density at radius 1 is 1.56 bits per heavy atom. The third-order valence-corrected chi connectivity index (χ3v) is 3.86. The van der Waals surface area contributed by atoms with Crippen LogP contribution in [0.1, 0.15) is 18.5 Å². The number of rotatable bonds is 7. The summed E-state index contributed by atoms with van der Waals surface area (Å²) in [5.41, 5.74) is 6.79. The lowest BCUT2D eigenvalue weighted by atomic mass is 10.1. The summed E-state index contributed by atoms with van der Waals surface area (Å²) in [4.78, 5) is 1.96. The number of nitrogens with zero attached hydrogens (tertiary/aromatic N) is 3. The second kappa shape index (κ2) is 6.31. The van der Waals surface area contributed by atoms with Crippen molar-refractivity contribution in [2.24, 2.45) is 5.73 Å². The molecule has 0 aliphatic heterocycles. The quantitative estimate of drug-likeness (QED) is 0.749. The summed E-state index contributed by atoms with van der Waals surface area (Å²) < 4.78 is 24.2. The van der Waals surface area contributed by atoms with E-state index in [9.17, 15) is 8.42 Å². The molecule has 0 aromatic carbocycles. The molecule has 1 heterocycles. The van der Waals surface area contributed by atoms with Crippen LogP contribution in [0.5, 0.6) is 0 Å². The second-order valence-electron chi connectivity index (χ2n) is 4.49. The highest BCUT2D eigenvalue weighted by atomic mass is 32.2. The van der Waals surface area contributed by atoms with E-state index >= 15 is 0 Å². The van der Waals surface area contributed by atoms with Crippen LogP contribution in [-0.4, -0.2) is 55.2 Å². The highest BCUT2D eigenvalue weighted by molar-refractivity contribution is 7.90. The number of hydrogen-bond acceptors (Lipinski definition) is 5. The van der Waals surface area contributed by atoms with Crippen LogP contribution >= 0.6 is 0 Å². The van der Waals surface area contributed by atoms with Crippen LogP contribution in [0.3, 0.4) is 0 Å². The predicted molar refractivity (Wildman–Crippen MR) is 72.0 cm³/mol.